The Morgan fingerprint density at radius 2 is 1.72 bits per heavy atom. The van der Waals surface area contributed by atoms with Gasteiger partial charge in [0.15, 0.2) is 0 Å². The summed E-state index contributed by atoms with van der Waals surface area (Å²) in [6.07, 6.45) is 0. The fourth-order valence-corrected chi connectivity index (χ4v) is 1.88. The van der Waals surface area contributed by atoms with E-state index in [1.807, 2.05) is 12.1 Å². The Balaban J connectivity index is 0.00000144. The van der Waals surface area contributed by atoms with Crippen LogP contribution in [0, 0.1) is 0 Å². The van der Waals surface area contributed by atoms with Gasteiger partial charge in [-0.2, -0.15) is 0 Å². The number of piperazine rings is 1. The number of hydrogen-bond donors (Lipinski definition) is 2. The van der Waals surface area contributed by atoms with Gasteiger partial charge in [-0.3, -0.25) is 4.79 Å². The van der Waals surface area contributed by atoms with Gasteiger partial charge in [0, 0.05) is 44.5 Å². The molecule has 0 atom stereocenters. The van der Waals surface area contributed by atoms with Crippen LogP contribution in [-0.4, -0.2) is 32.1 Å². The standard InChI is InChI=1S/C12H17N3O.2BrH/c1-10(16)14-11-2-4-12(5-3-11)15-8-6-13-7-9-15;;/h2-5,13H,6-9H2,1H3,(H,14,16);2*1H. The molecule has 18 heavy (non-hydrogen) atoms. The van der Waals surface area contributed by atoms with Crippen molar-refractivity contribution < 1.29 is 4.79 Å². The summed E-state index contributed by atoms with van der Waals surface area (Å²) in [5, 5.41) is 6.09. The van der Waals surface area contributed by atoms with Crippen LogP contribution in [0.2, 0.25) is 0 Å². The van der Waals surface area contributed by atoms with Crippen LogP contribution in [-0.2, 0) is 4.79 Å². The highest BCUT2D eigenvalue weighted by atomic mass is 79.9. The molecule has 2 N–H and O–H groups in total. The summed E-state index contributed by atoms with van der Waals surface area (Å²) in [6.45, 7) is 5.67. The van der Waals surface area contributed by atoms with Crippen molar-refractivity contribution in [3.8, 4) is 0 Å². The summed E-state index contributed by atoms with van der Waals surface area (Å²) >= 11 is 0. The number of halogens is 2. The third-order valence-electron chi connectivity index (χ3n) is 2.67. The highest BCUT2D eigenvalue weighted by Gasteiger charge is 2.09. The summed E-state index contributed by atoms with van der Waals surface area (Å²) in [7, 11) is 0. The highest BCUT2D eigenvalue weighted by Crippen LogP contribution is 2.18. The molecule has 0 spiro atoms. The van der Waals surface area contributed by atoms with Crippen LogP contribution in [0.1, 0.15) is 6.92 Å². The Labute approximate surface area is 129 Å². The van der Waals surface area contributed by atoms with Crippen molar-refractivity contribution in [2.75, 3.05) is 36.4 Å². The van der Waals surface area contributed by atoms with E-state index in [0.29, 0.717) is 0 Å². The smallest absolute Gasteiger partial charge is 0.221 e. The third-order valence-corrected chi connectivity index (χ3v) is 2.67. The number of hydrogen-bond acceptors (Lipinski definition) is 3. The lowest BCUT2D eigenvalue weighted by Crippen LogP contribution is -2.43. The molecule has 1 saturated heterocycles. The predicted octanol–water partition coefficient (Wildman–Crippen LogP) is 2.21. The molecule has 0 aromatic heterocycles. The lowest BCUT2D eigenvalue weighted by atomic mass is 10.2. The summed E-state index contributed by atoms with van der Waals surface area (Å²) in [5.74, 6) is -0.0325. The average molecular weight is 381 g/mol. The molecule has 1 aromatic carbocycles. The van der Waals surface area contributed by atoms with Crippen molar-refractivity contribution in [1.82, 2.24) is 5.32 Å². The molecule has 1 heterocycles. The molecule has 0 bridgehead atoms. The molecule has 0 saturated carbocycles. The Morgan fingerprint density at radius 1 is 1.17 bits per heavy atom. The molecular weight excluding hydrogens is 362 g/mol. The van der Waals surface area contributed by atoms with Crippen LogP contribution in [0.5, 0.6) is 0 Å². The van der Waals surface area contributed by atoms with Crippen LogP contribution < -0.4 is 15.5 Å². The minimum absolute atomic E-state index is 0. The number of amides is 1. The van der Waals surface area contributed by atoms with Gasteiger partial charge in [-0.15, -0.1) is 34.0 Å². The van der Waals surface area contributed by atoms with Crippen LogP contribution in [0.3, 0.4) is 0 Å². The van der Waals surface area contributed by atoms with Crippen molar-refractivity contribution >= 4 is 51.2 Å². The average Bonchev–Trinajstić information content (AvgIpc) is 2.30. The predicted molar refractivity (Wildman–Crippen MR) is 86.5 cm³/mol. The maximum absolute atomic E-state index is 10.9. The van der Waals surface area contributed by atoms with Gasteiger partial charge in [0.2, 0.25) is 5.91 Å². The topological polar surface area (TPSA) is 44.4 Å². The van der Waals surface area contributed by atoms with Gasteiger partial charge in [0.1, 0.15) is 0 Å². The van der Waals surface area contributed by atoms with E-state index in [1.54, 1.807) is 0 Å². The summed E-state index contributed by atoms with van der Waals surface area (Å²) in [4.78, 5) is 13.2. The van der Waals surface area contributed by atoms with Crippen molar-refractivity contribution in [3.63, 3.8) is 0 Å². The first kappa shape index (κ1) is 17.4. The zero-order valence-electron chi connectivity index (χ0n) is 10.3. The molecule has 1 amide bonds. The molecule has 1 fully saturated rings. The molecule has 2 rings (SSSR count). The maximum Gasteiger partial charge on any atom is 0.221 e. The zero-order chi connectivity index (χ0) is 11.4. The van der Waals surface area contributed by atoms with Crippen molar-refractivity contribution in [2.45, 2.75) is 6.92 Å². The number of nitrogens with one attached hydrogen (secondary N) is 2. The van der Waals surface area contributed by atoms with E-state index in [9.17, 15) is 4.79 Å². The molecule has 102 valence electrons. The normalized spacial score (nSPS) is 14.2. The second-order valence-corrected chi connectivity index (χ2v) is 3.97. The molecule has 4 nitrogen and oxygen atoms in total. The van der Waals surface area contributed by atoms with Crippen LogP contribution in [0.25, 0.3) is 0 Å². The lowest BCUT2D eigenvalue weighted by Gasteiger charge is -2.29. The van der Waals surface area contributed by atoms with E-state index >= 15 is 0 Å². The summed E-state index contributed by atoms with van der Waals surface area (Å²) in [5.41, 5.74) is 2.07. The fourth-order valence-electron chi connectivity index (χ4n) is 1.88. The van der Waals surface area contributed by atoms with E-state index in [1.165, 1.54) is 12.6 Å². The second-order valence-electron chi connectivity index (χ2n) is 3.97. The molecule has 1 aliphatic heterocycles. The summed E-state index contributed by atoms with van der Waals surface area (Å²) in [6, 6.07) is 7.99. The minimum Gasteiger partial charge on any atom is -0.369 e. The Bertz CT molecular complexity index is 364. The van der Waals surface area contributed by atoms with Gasteiger partial charge >= 0.3 is 0 Å². The van der Waals surface area contributed by atoms with Gasteiger partial charge in [-0.1, -0.05) is 0 Å². The molecule has 6 heteroatoms. The molecule has 0 unspecified atom stereocenters. The first-order chi connectivity index (χ1) is 7.75. The number of benzene rings is 1. The van der Waals surface area contributed by atoms with Gasteiger partial charge in [-0.05, 0) is 24.3 Å². The molecular formula is C12H19Br2N3O. The number of anilines is 2. The highest BCUT2D eigenvalue weighted by molar-refractivity contribution is 8.93. The first-order valence-corrected chi connectivity index (χ1v) is 5.59. The van der Waals surface area contributed by atoms with Gasteiger partial charge in [0.05, 0.1) is 0 Å². The quantitative estimate of drug-likeness (QED) is 0.826. The van der Waals surface area contributed by atoms with Crippen molar-refractivity contribution in [2.24, 2.45) is 0 Å². The zero-order valence-corrected chi connectivity index (χ0v) is 13.7. The minimum atomic E-state index is -0.0325. The Hall–Kier alpha value is -0.590. The van der Waals surface area contributed by atoms with Gasteiger partial charge in [0.25, 0.3) is 0 Å². The monoisotopic (exact) mass is 379 g/mol. The molecule has 1 aliphatic rings. The number of nitrogens with zero attached hydrogens (tertiary/aromatic N) is 1. The summed E-state index contributed by atoms with van der Waals surface area (Å²) < 4.78 is 0. The number of carbonyl (C=O) groups excluding carboxylic acids is 1. The Kier molecular flexibility index (Phi) is 8.22. The lowest BCUT2D eigenvalue weighted by molar-refractivity contribution is -0.114. The third kappa shape index (κ3) is 4.96. The van der Waals surface area contributed by atoms with E-state index in [-0.39, 0.29) is 39.9 Å². The van der Waals surface area contributed by atoms with Crippen LogP contribution >= 0.6 is 34.0 Å². The maximum atomic E-state index is 10.9. The number of carbonyl (C=O) groups is 1. The van der Waals surface area contributed by atoms with E-state index in [2.05, 4.69) is 27.7 Å². The van der Waals surface area contributed by atoms with E-state index < -0.39 is 0 Å². The van der Waals surface area contributed by atoms with Gasteiger partial charge in [-0.25, -0.2) is 0 Å². The van der Waals surface area contributed by atoms with E-state index in [0.717, 1.165) is 31.9 Å². The molecule has 0 aliphatic carbocycles. The van der Waals surface area contributed by atoms with Crippen LogP contribution in [0.15, 0.2) is 24.3 Å². The number of rotatable bonds is 2. The van der Waals surface area contributed by atoms with Crippen LogP contribution in [0.4, 0.5) is 11.4 Å². The first-order valence-electron chi connectivity index (χ1n) is 5.59. The van der Waals surface area contributed by atoms with Crippen molar-refractivity contribution in [1.29, 1.82) is 0 Å². The fraction of sp³-hybridized carbons (Fsp3) is 0.417. The largest absolute Gasteiger partial charge is 0.369 e. The second kappa shape index (κ2) is 8.50. The Morgan fingerprint density at radius 3 is 2.22 bits per heavy atom. The van der Waals surface area contributed by atoms with E-state index in [4.69, 9.17) is 0 Å². The van der Waals surface area contributed by atoms with Gasteiger partial charge < -0.3 is 15.5 Å². The molecule has 0 radical (unpaired) electrons. The SMILES string of the molecule is Br.Br.CC(=O)Nc1ccc(N2CCNCC2)cc1. The molecule has 1 aromatic rings. The van der Waals surface area contributed by atoms with Crippen molar-refractivity contribution in [3.05, 3.63) is 24.3 Å².